The van der Waals surface area contributed by atoms with Crippen molar-refractivity contribution in [3.8, 4) is 11.3 Å². The number of hydrogen-bond donors (Lipinski definition) is 1. The lowest BCUT2D eigenvalue weighted by atomic mass is 10.0. The smallest absolute Gasteiger partial charge is 0.186 e. The van der Waals surface area contributed by atoms with Gasteiger partial charge in [0.2, 0.25) is 0 Å². The van der Waals surface area contributed by atoms with Gasteiger partial charge in [-0.3, -0.25) is 0 Å². The molecule has 1 N–H and O–H groups in total. The van der Waals surface area contributed by atoms with Gasteiger partial charge in [0.15, 0.2) is 5.13 Å². The van der Waals surface area contributed by atoms with Gasteiger partial charge in [-0.2, -0.15) is 0 Å². The number of piperazine rings is 1. The van der Waals surface area contributed by atoms with Crippen LogP contribution in [0.1, 0.15) is 24.3 Å². The molecule has 1 fully saturated rings. The van der Waals surface area contributed by atoms with Gasteiger partial charge in [-0.25, -0.2) is 4.98 Å². The van der Waals surface area contributed by atoms with Crippen LogP contribution in [0.5, 0.6) is 0 Å². The summed E-state index contributed by atoms with van der Waals surface area (Å²) in [5.41, 5.74) is 3.80. The second-order valence-electron chi connectivity index (χ2n) is 6.43. The van der Waals surface area contributed by atoms with E-state index in [2.05, 4.69) is 55.3 Å². The molecule has 22 heavy (non-hydrogen) atoms. The molecule has 0 bridgehead atoms. The Labute approximate surface area is 137 Å². The van der Waals surface area contributed by atoms with E-state index in [1.807, 2.05) is 11.3 Å². The van der Waals surface area contributed by atoms with Crippen LogP contribution < -0.4 is 10.2 Å². The average molecular weight is 315 g/mol. The van der Waals surface area contributed by atoms with Gasteiger partial charge in [-0.1, -0.05) is 38.1 Å². The number of thiazole rings is 1. The largest absolute Gasteiger partial charge is 0.346 e. The predicted octanol–water partition coefficient (Wildman–Crippen LogP) is 3.73. The molecule has 0 unspecified atom stereocenters. The molecule has 2 aromatic rings. The van der Waals surface area contributed by atoms with Gasteiger partial charge < -0.3 is 10.2 Å². The highest BCUT2D eigenvalue weighted by molar-refractivity contribution is 7.16. The molecule has 1 aromatic heterocycles. The van der Waals surface area contributed by atoms with E-state index in [1.165, 1.54) is 21.1 Å². The summed E-state index contributed by atoms with van der Waals surface area (Å²) >= 11 is 1.82. The van der Waals surface area contributed by atoms with Crippen LogP contribution in [0.25, 0.3) is 11.3 Å². The summed E-state index contributed by atoms with van der Waals surface area (Å²) in [6.45, 7) is 10.9. The Morgan fingerprint density at radius 1 is 1.18 bits per heavy atom. The molecule has 0 spiro atoms. The molecule has 1 aromatic carbocycles. The van der Waals surface area contributed by atoms with Gasteiger partial charge in [0.05, 0.1) is 5.69 Å². The Morgan fingerprint density at radius 3 is 2.50 bits per heavy atom. The highest BCUT2D eigenvalue weighted by atomic mass is 32.1. The van der Waals surface area contributed by atoms with Crippen LogP contribution in [0.3, 0.4) is 0 Å². The van der Waals surface area contributed by atoms with Crippen LogP contribution in [0.4, 0.5) is 5.13 Å². The molecular weight excluding hydrogens is 290 g/mol. The number of nitrogens with zero attached hydrogens (tertiary/aromatic N) is 2. The lowest BCUT2D eigenvalue weighted by molar-refractivity contribution is 0.588. The van der Waals surface area contributed by atoms with Crippen LogP contribution in [-0.4, -0.2) is 31.2 Å². The molecule has 2 heterocycles. The summed E-state index contributed by atoms with van der Waals surface area (Å²) in [4.78, 5) is 8.61. The first kappa shape index (κ1) is 15.5. The molecule has 0 saturated carbocycles. The Balaban J connectivity index is 1.80. The number of hydrogen-bond acceptors (Lipinski definition) is 4. The molecule has 3 rings (SSSR count). The van der Waals surface area contributed by atoms with Crippen molar-refractivity contribution in [2.75, 3.05) is 31.1 Å². The Bertz CT molecular complexity index is 610. The van der Waals surface area contributed by atoms with E-state index in [0.717, 1.165) is 38.3 Å². The summed E-state index contributed by atoms with van der Waals surface area (Å²) in [6.07, 6.45) is 1.14. The molecule has 0 amide bonds. The SMILES string of the molecule is Cc1sc(N2CCNCC2)nc1-c1ccc(CC(C)C)cc1. The fourth-order valence-electron chi connectivity index (χ4n) is 2.91. The maximum Gasteiger partial charge on any atom is 0.186 e. The van der Waals surface area contributed by atoms with Crippen LogP contribution >= 0.6 is 11.3 Å². The van der Waals surface area contributed by atoms with Gasteiger partial charge in [-0.15, -0.1) is 11.3 Å². The zero-order valence-electron chi connectivity index (χ0n) is 13.7. The van der Waals surface area contributed by atoms with E-state index in [4.69, 9.17) is 4.98 Å². The Morgan fingerprint density at radius 2 is 1.86 bits per heavy atom. The molecular formula is C18H25N3S. The van der Waals surface area contributed by atoms with Gasteiger partial charge in [0.25, 0.3) is 0 Å². The minimum Gasteiger partial charge on any atom is -0.346 e. The topological polar surface area (TPSA) is 28.2 Å². The number of rotatable bonds is 4. The van der Waals surface area contributed by atoms with Crippen molar-refractivity contribution in [3.05, 3.63) is 34.7 Å². The number of benzene rings is 1. The van der Waals surface area contributed by atoms with E-state index < -0.39 is 0 Å². The molecule has 0 aliphatic carbocycles. The van der Waals surface area contributed by atoms with Crippen molar-refractivity contribution >= 4 is 16.5 Å². The number of anilines is 1. The van der Waals surface area contributed by atoms with Crippen molar-refractivity contribution < 1.29 is 0 Å². The van der Waals surface area contributed by atoms with Crippen LogP contribution in [-0.2, 0) is 6.42 Å². The molecule has 118 valence electrons. The van der Waals surface area contributed by atoms with Crippen LogP contribution in [0.15, 0.2) is 24.3 Å². The van der Waals surface area contributed by atoms with Crippen LogP contribution in [0, 0.1) is 12.8 Å². The van der Waals surface area contributed by atoms with Gasteiger partial charge in [0.1, 0.15) is 0 Å². The highest BCUT2D eigenvalue weighted by Gasteiger charge is 2.17. The first-order valence-corrected chi connectivity index (χ1v) is 8.97. The maximum absolute atomic E-state index is 4.91. The second-order valence-corrected chi connectivity index (χ2v) is 7.61. The first-order chi connectivity index (χ1) is 10.6. The number of aromatic nitrogens is 1. The fraction of sp³-hybridized carbons (Fsp3) is 0.500. The maximum atomic E-state index is 4.91. The summed E-state index contributed by atoms with van der Waals surface area (Å²) < 4.78 is 0. The van der Waals surface area contributed by atoms with Gasteiger partial charge in [-0.05, 0) is 24.8 Å². The van der Waals surface area contributed by atoms with E-state index >= 15 is 0 Å². The van der Waals surface area contributed by atoms with Crippen LogP contribution in [0.2, 0.25) is 0 Å². The van der Waals surface area contributed by atoms with Crippen molar-refractivity contribution in [2.24, 2.45) is 5.92 Å². The Kier molecular flexibility index (Phi) is 4.79. The van der Waals surface area contributed by atoms with Gasteiger partial charge >= 0.3 is 0 Å². The second kappa shape index (κ2) is 6.80. The molecule has 3 nitrogen and oxygen atoms in total. The third-order valence-corrected chi connectivity index (χ3v) is 5.08. The van der Waals surface area contributed by atoms with E-state index in [9.17, 15) is 0 Å². The standard InChI is InChI=1S/C18H25N3S/c1-13(2)12-15-4-6-16(7-5-15)17-14(3)22-18(20-17)21-10-8-19-9-11-21/h4-7,13,19H,8-12H2,1-3H3. The van der Waals surface area contributed by atoms with Gasteiger partial charge in [0, 0.05) is 36.6 Å². The summed E-state index contributed by atoms with van der Waals surface area (Å²) in [7, 11) is 0. The monoisotopic (exact) mass is 315 g/mol. The number of nitrogens with one attached hydrogen (secondary N) is 1. The molecule has 1 saturated heterocycles. The molecule has 1 aliphatic heterocycles. The lowest BCUT2D eigenvalue weighted by Crippen LogP contribution is -2.43. The average Bonchev–Trinajstić information content (AvgIpc) is 2.90. The highest BCUT2D eigenvalue weighted by Crippen LogP contribution is 2.32. The lowest BCUT2D eigenvalue weighted by Gasteiger charge is -2.26. The quantitative estimate of drug-likeness (QED) is 0.932. The zero-order chi connectivity index (χ0) is 15.5. The summed E-state index contributed by atoms with van der Waals surface area (Å²) in [5.74, 6) is 0.700. The molecule has 0 atom stereocenters. The van der Waals surface area contributed by atoms with Crippen molar-refractivity contribution in [1.29, 1.82) is 0 Å². The molecule has 0 radical (unpaired) electrons. The minimum absolute atomic E-state index is 0.700. The van der Waals surface area contributed by atoms with Crippen molar-refractivity contribution in [1.82, 2.24) is 10.3 Å². The molecule has 4 heteroatoms. The summed E-state index contributed by atoms with van der Waals surface area (Å²) in [5, 5.41) is 4.56. The van der Waals surface area contributed by atoms with E-state index in [-0.39, 0.29) is 0 Å². The number of aryl methyl sites for hydroxylation is 1. The van der Waals surface area contributed by atoms with Crippen molar-refractivity contribution in [2.45, 2.75) is 27.2 Å². The van der Waals surface area contributed by atoms with E-state index in [0.29, 0.717) is 5.92 Å². The first-order valence-electron chi connectivity index (χ1n) is 8.16. The molecule has 1 aliphatic rings. The third-order valence-electron chi connectivity index (χ3n) is 4.04. The third kappa shape index (κ3) is 3.50. The minimum atomic E-state index is 0.700. The predicted molar refractivity (Wildman–Crippen MR) is 95.9 cm³/mol. The Hall–Kier alpha value is -1.39. The fourth-order valence-corrected chi connectivity index (χ4v) is 3.89. The normalized spacial score (nSPS) is 15.5. The van der Waals surface area contributed by atoms with Crippen molar-refractivity contribution in [3.63, 3.8) is 0 Å². The zero-order valence-corrected chi connectivity index (χ0v) is 14.5. The summed E-state index contributed by atoms with van der Waals surface area (Å²) in [6, 6.07) is 8.94. The van der Waals surface area contributed by atoms with E-state index in [1.54, 1.807) is 0 Å².